The third kappa shape index (κ3) is 5.02. The van der Waals surface area contributed by atoms with Gasteiger partial charge in [-0.15, -0.1) is 0 Å². The van der Waals surface area contributed by atoms with E-state index in [0.717, 1.165) is 0 Å². The maximum absolute atomic E-state index is 12.4. The van der Waals surface area contributed by atoms with Crippen molar-refractivity contribution in [2.24, 2.45) is 0 Å². The van der Waals surface area contributed by atoms with Crippen LogP contribution in [0.3, 0.4) is 0 Å². The lowest BCUT2D eigenvalue weighted by Gasteiger charge is -2.24. The third-order valence-electron chi connectivity index (χ3n) is 4.37. The molecule has 0 aliphatic heterocycles. The first-order valence-corrected chi connectivity index (χ1v) is 9.87. The number of nitrogens with zero attached hydrogens (tertiary/aromatic N) is 2. The normalized spacial score (nSPS) is 12.7. The van der Waals surface area contributed by atoms with Gasteiger partial charge in [0.1, 0.15) is 0 Å². The minimum atomic E-state index is -3.51. The maximum atomic E-state index is 12.4. The Morgan fingerprint density at radius 3 is 2.43 bits per heavy atom. The molecule has 1 atom stereocenters. The summed E-state index contributed by atoms with van der Waals surface area (Å²) in [6, 6.07) is 11.9. The van der Waals surface area contributed by atoms with Crippen molar-refractivity contribution in [1.82, 2.24) is 9.62 Å². The first-order chi connectivity index (χ1) is 13.2. The molecule has 9 heteroatoms. The zero-order valence-electron chi connectivity index (χ0n) is 15.7. The monoisotopic (exact) mass is 403 g/mol. The molecule has 0 aliphatic rings. The van der Waals surface area contributed by atoms with Crippen LogP contribution >= 0.6 is 0 Å². The largest absolute Gasteiger partial charge is 0.335 e. The molecule has 2 aromatic carbocycles. The van der Waals surface area contributed by atoms with E-state index in [1.165, 1.54) is 42.3 Å². The van der Waals surface area contributed by atoms with Gasteiger partial charge in [0.05, 0.1) is 15.9 Å². The van der Waals surface area contributed by atoms with Crippen molar-refractivity contribution in [3.05, 3.63) is 75.8 Å². The summed E-state index contributed by atoms with van der Waals surface area (Å²) < 4.78 is 25.7. The van der Waals surface area contributed by atoms with Crippen LogP contribution in [0.5, 0.6) is 0 Å². The first-order valence-electron chi connectivity index (χ1n) is 8.38. The van der Waals surface area contributed by atoms with Crippen LogP contribution < -0.4 is 4.72 Å². The van der Waals surface area contributed by atoms with Crippen LogP contribution in [0.4, 0.5) is 5.69 Å². The zero-order chi connectivity index (χ0) is 20.9. The second-order valence-electron chi connectivity index (χ2n) is 6.09. The number of hydrogen-bond donors (Lipinski definition) is 1. The van der Waals surface area contributed by atoms with E-state index in [1.54, 1.807) is 44.3 Å². The van der Waals surface area contributed by atoms with Gasteiger partial charge in [0, 0.05) is 25.3 Å². The molecule has 0 radical (unpaired) electrons. The van der Waals surface area contributed by atoms with E-state index in [4.69, 9.17) is 0 Å². The summed E-state index contributed by atoms with van der Waals surface area (Å²) in [5, 5.41) is 10.9. The summed E-state index contributed by atoms with van der Waals surface area (Å²) in [4.78, 5) is 24.5. The number of nitro benzene ring substituents is 1. The van der Waals surface area contributed by atoms with E-state index in [0.29, 0.717) is 11.1 Å². The van der Waals surface area contributed by atoms with Gasteiger partial charge in [-0.05, 0) is 43.3 Å². The summed E-state index contributed by atoms with van der Waals surface area (Å²) in [7, 11) is -0.565. The molecule has 1 N–H and O–H groups in total. The van der Waals surface area contributed by atoms with Crippen LogP contribution in [0.2, 0.25) is 0 Å². The van der Waals surface area contributed by atoms with E-state index < -0.39 is 14.9 Å². The SMILES string of the molecule is CNS(=O)(=O)c1ccc(/C=C/C(=O)N(C)C(C)c2cccc([N+](=O)[O-])c2)cc1. The highest BCUT2D eigenvalue weighted by atomic mass is 32.2. The number of likely N-dealkylation sites (N-methyl/N-ethyl adjacent to an activating group) is 1. The third-order valence-corrected chi connectivity index (χ3v) is 5.80. The Labute approximate surface area is 163 Å². The number of non-ortho nitro benzene ring substituents is 1. The molecule has 8 nitrogen and oxygen atoms in total. The molecule has 0 spiro atoms. The van der Waals surface area contributed by atoms with Gasteiger partial charge in [0.15, 0.2) is 0 Å². The predicted octanol–water partition coefficient (Wildman–Crippen LogP) is 2.74. The van der Waals surface area contributed by atoms with Gasteiger partial charge in [-0.2, -0.15) is 0 Å². The van der Waals surface area contributed by atoms with Gasteiger partial charge in [-0.3, -0.25) is 14.9 Å². The van der Waals surface area contributed by atoms with Gasteiger partial charge >= 0.3 is 0 Å². The van der Waals surface area contributed by atoms with Crippen molar-refractivity contribution in [3.63, 3.8) is 0 Å². The Hall–Kier alpha value is -3.04. The lowest BCUT2D eigenvalue weighted by molar-refractivity contribution is -0.384. The lowest BCUT2D eigenvalue weighted by Crippen LogP contribution is -2.28. The fraction of sp³-hybridized carbons (Fsp3) is 0.211. The molecule has 0 aromatic heterocycles. The first kappa shape index (κ1) is 21.3. The van der Waals surface area contributed by atoms with E-state index >= 15 is 0 Å². The summed E-state index contributed by atoms with van der Waals surface area (Å²) >= 11 is 0. The van der Waals surface area contributed by atoms with Crippen LogP contribution in [0.1, 0.15) is 24.1 Å². The smallest absolute Gasteiger partial charge is 0.269 e. The van der Waals surface area contributed by atoms with E-state index in [1.807, 2.05) is 0 Å². The zero-order valence-corrected chi connectivity index (χ0v) is 16.5. The van der Waals surface area contributed by atoms with Gasteiger partial charge in [-0.1, -0.05) is 24.3 Å². The summed E-state index contributed by atoms with van der Waals surface area (Å²) in [6.45, 7) is 1.78. The number of carbonyl (C=O) groups excluding carboxylic acids is 1. The van der Waals surface area contributed by atoms with Crippen LogP contribution in [-0.2, 0) is 14.8 Å². The number of sulfonamides is 1. The summed E-state index contributed by atoms with van der Waals surface area (Å²) in [5.41, 5.74) is 1.29. The molecule has 0 fully saturated rings. The van der Waals surface area contributed by atoms with E-state index in [9.17, 15) is 23.3 Å². The van der Waals surface area contributed by atoms with Crippen LogP contribution in [0.25, 0.3) is 6.08 Å². The van der Waals surface area contributed by atoms with Crippen molar-refractivity contribution >= 4 is 27.7 Å². The average Bonchev–Trinajstić information content (AvgIpc) is 2.71. The molecule has 148 valence electrons. The molecular formula is C19H21N3O5S. The number of hydrogen-bond acceptors (Lipinski definition) is 5. The number of nitro groups is 1. The Balaban J connectivity index is 2.11. The quantitative estimate of drug-likeness (QED) is 0.434. The molecule has 0 bridgehead atoms. The van der Waals surface area contributed by atoms with Crippen LogP contribution in [-0.4, -0.2) is 38.2 Å². The molecule has 0 saturated heterocycles. The molecule has 1 unspecified atom stereocenters. The van der Waals surface area contributed by atoms with Gasteiger partial charge in [0.25, 0.3) is 5.69 Å². The lowest BCUT2D eigenvalue weighted by atomic mass is 10.1. The number of carbonyl (C=O) groups is 1. The minimum Gasteiger partial charge on any atom is -0.335 e. The standard InChI is InChI=1S/C19H21N3O5S/c1-14(16-5-4-6-17(13-16)22(24)25)21(3)19(23)12-9-15-7-10-18(11-8-15)28(26,27)20-2/h4-14,20H,1-3H3/b12-9+. The van der Waals surface area contributed by atoms with Gasteiger partial charge in [-0.25, -0.2) is 13.1 Å². The number of nitrogens with one attached hydrogen (secondary N) is 1. The van der Waals surface area contributed by atoms with Crippen molar-refractivity contribution < 1.29 is 18.1 Å². The maximum Gasteiger partial charge on any atom is 0.269 e. The Morgan fingerprint density at radius 1 is 1.21 bits per heavy atom. The Kier molecular flexibility index (Phi) is 6.66. The molecule has 0 aliphatic carbocycles. The second kappa shape index (κ2) is 8.77. The van der Waals surface area contributed by atoms with Crippen molar-refractivity contribution in [2.75, 3.05) is 14.1 Å². The average molecular weight is 403 g/mol. The molecular weight excluding hydrogens is 382 g/mol. The van der Waals surface area contributed by atoms with Crippen molar-refractivity contribution in [1.29, 1.82) is 0 Å². The molecule has 0 heterocycles. The molecule has 1 amide bonds. The fourth-order valence-electron chi connectivity index (χ4n) is 2.47. The molecule has 28 heavy (non-hydrogen) atoms. The molecule has 2 rings (SSSR count). The van der Waals surface area contributed by atoms with Gasteiger partial charge in [0.2, 0.25) is 15.9 Å². The summed E-state index contributed by atoms with van der Waals surface area (Å²) in [6.07, 6.45) is 2.95. The number of amides is 1. The van der Waals surface area contributed by atoms with Gasteiger partial charge < -0.3 is 4.90 Å². The minimum absolute atomic E-state index is 0.0302. The fourth-order valence-corrected chi connectivity index (χ4v) is 3.20. The van der Waals surface area contributed by atoms with E-state index in [2.05, 4.69) is 4.72 Å². The number of benzene rings is 2. The van der Waals surface area contributed by atoms with E-state index in [-0.39, 0.29) is 22.5 Å². The second-order valence-corrected chi connectivity index (χ2v) is 7.97. The number of rotatable bonds is 7. The van der Waals surface area contributed by atoms with Crippen molar-refractivity contribution in [2.45, 2.75) is 17.9 Å². The van der Waals surface area contributed by atoms with Crippen LogP contribution in [0, 0.1) is 10.1 Å². The highest BCUT2D eigenvalue weighted by Gasteiger charge is 2.17. The Bertz CT molecular complexity index is 1000. The van der Waals surface area contributed by atoms with Crippen molar-refractivity contribution in [3.8, 4) is 0 Å². The predicted molar refractivity (Wildman–Crippen MR) is 106 cm³/mol. The molecule has 2 aromatic rings. The molecule has 0 saturated carbocycles. The summed E-state index contributed by atoms with van der Waals surface area (Å²) in [5.74, 6) is -0.286. The Morgan fingerprint density at radius 2 is 1.86 bits per heavy atom. The topological polar surface area (TPSA) is 110 Å². The highest BCUT2D eigenvalue weighted by Crippen LogP contribution is 2.23. The van der Waals surface area contributed by atoms with Crippen LogP contribution in [0.15, 0.2) is 59.5 Å². The highest BCUT2D eigenvalue weighted by molar-refractivity contribution is 7.89.